The molecule has 0 heterocycles. The molecule has 0 aromatic carbocycles. The van der Waals surface area contributed by atoms with Gasteiger partial charge in [-0.3, -0.25) is 5.41 Å². The summed E-state index contributed by atoms with van der Waals surface area (Å²) in [6, 6.07) is 2.02. The number of nitrogens with two attached hydrogens (primary N) is 1. The smallest absolute Gasteiger partial charge is 0.151 e. The monoisotopic (exact) mass is 215 g/mol. The molecule has 0 saturated carbocycles. The van der Waals surface area contributed by atoms with Crippen LogP contribution in [0.4, 0.5) is 0 Å². The van der Waals surface area contributed by atoms with E-state index in [0.717, 1.165) is 12.2 Å². The maximum atomic E-state index is 8.09. The van der Waals surface area contributed by atoms with Crippen molar-refractivity contribution in [3.63, 3.8) is 0 Å². The number of nitriles is 1. The maximum absolute atomic E-state index is 8.09. The molecular weight excluding hydrogens is 205 g/mol. The number of hydrogen-bond acceptors (Lipinski definition) is 3. The Morgan fingerprint density at radius 1 is 1.55 bits per heavy atom. The van der Waals surface area contributed by atoms with Crippen molar-refractivity contribution in [3.8, 4) is 6.07 Å². The van der Waals surface area contributed by atoms with E-state index in [-0.39, 0.29) is 30.0 Å². The molecule has 0 aromatic rings. The number of hydrogen-bond donors (Lipinski definition) is 2. The Hall–Kier alpha value is -0.110. The Kier molecular flexibility index (Phi) is 19.5. The van der Waals surface area contributed by atoms with Gasteiger partial charge in [0.1, 0.15) is 0 Å². The minimum atomic E-state index is 0. The van der Waals surface area contributed by atoms with Gasteiger partial charge in [-0.25, -0.2) is 0 Å². The van der Waals surface area contributed by atoms with Crippen molar-refractivity contribution >= 4 is 41.7 Å². The quantitative estimate of drug-likeness (QED) is 0.429. The van der Waals surface area contributed by atoms with Crippen LogP contribution in [-0.4, -0.2) is 10.9 Å². The van der Waals surface area contributed by atoms with Gasteiger partial charge in [-0.1, -0.05) is 11.8 Å². The fourth-order valence-electron chi connectivity index (χ4n) is 0.333. The minimum absolute atomic E-state index is 0. The number of nitrogens with zero attached hydrogens (tertiary/aromatic N) is 1. The summed E-state index contributed by atoms with van der Waals surface area (Å²) in [5.41, 5.74) is 5.04. The third-order valence-corrected chi connectivity index (χ3v) is 1.49. The van der Waals surface area contributed by atoms with Crippen LogP contribution in [0.1, 0.15) is 12.8 Å². The van der Waals surface area contributed by atoms with E-state index in [4.69, 9.17) is 16.4 Å². The molecule has 0 saturated heterocycles. The number of unbranched alkanes of at least 4 members (excludes halogenated alkanes) is 1. The van der Waals surface area contributed by atoms with E-state index in [0.29, 0.717) is 6.42 Å². The first-order valence-electron chi connectivity index (χ1n) is 2.61. The van der Waals surface area contributed by atoms with Crippen molar-refractivity contribution in [2.75, 3.05) is 5.75 Å². The van der Waals surface area contributed by atoms with E-state index >= 15 is 0 Å². The number of nitrogens with one attached hydrogen (secondary N) is 1. The third-order valence-electron chi connectivity index (χ3n) is 0.690. The van der Waals surface area contributed by atoms with E-state index < -0.39 is 0 Å². The van der Waals surface area contributed by atoms with Gasteiger partial charge in [-0.2, -0.15) is 5.26 Å². The summed E-state index contributed by atoms with van der Waals surface area (Å²) >= 11 is 1.28. The average molecular weight is 216 g/mol. The molecule has 0 aliphatic carbocycles. The first-order valence-corrected chi connectivity index (χ1v) is 3.59. The van der Waals surface area contributed by atoms with Crippen LogP contribution >= 0.6 is 36.6 Å². The van der Waals surface area contributed by atoms with Gasteiger partial charge in [0, 0.05) is 12.2 Å². The molecule has 0 aliphatic rings. The van der Waals surface area contributed by atoms with Crippen LogP contribution in [0, 0.1) is 16.7 Å². The lowest BCUT2D eigenvalue weighted by Gasteiger charge is -1.92. The third kappa shape index (κ3) is 17.7. The molecule has 0 spiro atoms. The van der Waals surface area contributed by atoms with Crippen molar-refractivity contribution in [3.05, 3.63) is 0 Å². The Bertz CT molecular complexity index is 134. The molecular formula is C5H11Cl2N3S. The SMILES string of the molecule is Cl.Cl.N#CCCCSC(=N)N. The van der Waals surface area contributed by atoms with E-state index in [1.807, 2.05) is 6.07 Å². The summed E-state index contributed by atoms with van der Waals surface area (Å²) in [5.74, 6) is 0.781. The fourth-order valence-corrected chi connectivity index (χ4v) is 0.842. The molecule has 0 atom stereocenters. The molecule has 6 heteroatoms. The molecule has 0 rings (SSSR count). The Morgan fingerprint density at radius 2 is 2.09 bits per heavy atom. The van der Waals surface area contributed by atoms with Gasteiger partial charge >= 0.3 is 0 Å². The van der Waals surface area contributed by atoms with Crippen LogP contribution in [0.2, 0.25) is 0 Å². The standard InChI is InChI=1S/C5H9N3S.2ClH/c6-3-1-2-4-9-5(7)8;;/h1-2,4H2,(H3,7,8);2*1H. The zero-order valence-electron chi connectivity index (χ0n) is 5.87. The van der Waals surface area contributed by atoms with E-state index in [1.54, 1.807) is 0 Å². The topological polar surface area (TPSA) is 73.7 Å². The maximum Gasteiger partial charge on any atom is 0.151 e. The molecule has 66 valence electrons. The highest BCUT2D eigenvalue weighted by molar-refractivity contribution is 8.13. The van der Waals surface area contributed by atoms with Crippen LogP contribution in [0.25, 0.3) is 0 Å². The summed E-state index contributed by atoms with van der Waals surface area (Å²) in [4.78, 5) is 0. The van der Waals surface area contributed by atoms with E-state index in [1.165, 1.54) is 11.8 Å². The number of amidine groups is 1. The van der Waals surface area contributed by atoms with Gasteiger partial charge in [0.2, 0.25) is 0 Å². The molecule has 3 nitrogen and oxygen atoms in total. The van der Waals surface area contributed by atoms with Crippen LogP contribution in [0.15, 0.2) is 0 Å². The Labute approximate surface area is 83.0 Å². The number of thioether (sulfide) groups is 1. The number of halogens is 2. The van der Waals surface area contributed by atoms with Crippen molar-refractivity contribution in [2.45, 2.75) is 12.8 Å². The molecule has 0 amide bonds. The molecule has 3 N–H and O–H groups in total. The van der Waals surface area contributed by atoms with Crippen LogP contribution in [-0.2, 0) is 0 Å². The molecule has 0 fully saturated rings. The molecule has 0 aliphatic heterocycles. The lowest BCUT2D eigenvalue weighted by atomic mass is 10.4. The number of rotatable bonds is 3. The van der Waals surface area contributed by atoms with Gasteiger partial charge in [0.25, 0.3) is 0 Å². The van der Waals surface area contributed by atoms with E-state index in [2.05, 4.69) is 0 Å². The van der Waals surface area contributed by atoms with Gasteiger partial charge in [-0.05, 0) is 6.42 Å². The van der Waals surface area contributed by atoms with Crippen LogP contribution in [0.5, 0.6) is 0 Å². The first-order chi connectivity index (χ1) is 4.27. The lowest BCUT2D eigenvalue weighted by Crippen LogP contribution is -2.04. The average Bonchev–Trinajstić information content (AvgIpc) is 1.80. The van der Waals surface area contributed by atoms with Crippen molar-refractivity contribution in [2.24, 2.45) is 5.73 Å². The highest BCUT2D eigenvalue weighted by Crippen LogP contribution is 2.01. The molecule has 0 bridgehead atoms. The second-order valence-corrected chi connectivity index (χ2v) is 2.61. The molecule has 0 unspecified atom stereocenters. The highest BCUT2D eigenvalue weighted by atomic mass is 35.5. The van der Waals surface area contributed by atoms with Crippen molar-refractivity contribution in [1.82, 2.24) is 0 Å². The minimum Gasteiger partial charge on any atom is -0.379 e. The molecule has 0 radical (unpaired) electrons. The highest BCUT2D eigenvalue weighted by Gasteiger charge is 1.89. The van der Waals surface area contributed by atoms with Crippen LogP contribution in [0.3, 0.4) is 0 Å². The van der Waals surface area contributed by atoms with Crippen molar-refractivity contribution < 1.29 is 0 Å². The summed E-state index contributed by atoms with van der Waals surface area (Å²) in [5, 5.41) is 15.0. The van der Waals surface area contributed by atoms with Gasteiger partial charge in [-0.15, -0.1) is 24.8 Å². The summed E-state index contributed by atoms with van der Waals surface area (Å²) < 4.78 is 0. The Balaban J connectivity index is -0.000000320. The summed E-state index contributed by atoms with van der Waals surface area (Å²) in [6.07, 6.45) is 1.38. The van der Waals surface area contributed by atoms with Crippen LogP contribution < -0.4 is 5.73 Å². The van der Waals surface area contributed by atoms with Gasteiger partial charge < -0.3 is 5.73 Å². The zero-order chi connectivity index (χ0) is 7.11. The molecule has 0 aromatic heterocycles. The zero-order valence-corrected chi connectivity index (χ0v) is 8.32. The lowest BCUT2D eigenvalue weighted by molar-refractivity contribution is 0.984. The fraction of sp³-hybridized carbons (Fsp3) is 0.600. The van der Waals surface area contributed by atoms with Gasteiger partial charge in [0.15, 0.2) is 5.17 Å². The summed E-state index contributed by atoms with van der Waals surface area (Å²) in [7, 11) is 0. The molecule has 11 heavy (non-hydrogen) atoms. The first kappa shape index (κ1) is 17.1. The van der Waals surface area contributed by atoms with Gasteiger partial charge in [0.05, 0.1) is 6.07 Å². The largest absolute Gasteiger partial charge is 0.379 e. The second-order valence-electron chi connectivity index (χ2n) is 1.47. The second kappa shape index (κ2) is 12.6. The summed E-state index contributed by atoms with van der Waals surface area (Å²) in [6.45, 7) is 0. The predicted molar refractivity (Wildman–Crippen MR) is 53.7 cm³/mol. The van der Waals surface area contributed by atoms with Crippen molar-refractivity contribution in [1.29, 1.82) is 10.7 Å². The predicted octanol–water partition coefficient (Wildman–Crippen LogP) is 1.76. The normalized spacial score (nSPS) is 6.82. The Morgan fingerprint density at radius 3 is 2.45 bits per heavy atom. The van der Waals surface area contributed by atoms with E-state index in [9.17, 15) is 0 Å².